The lowest BCUT2D eigenvalue weighted by molar-refractivity contribution is 0.245. The molecule has 23 heavy (non-hydrogen) atoms. The average molecular weight is 339 g/mol. The summed E-state index contributed by atoms with van der Waals surface area (Å²) in [7, 11) is 0. The van der Waals surface area contributed by atoms with Crippen molar-refractivity contribution in [3.8, 4) is 5.75 Å². The highest BCUT2D eigenvalue weighted by atomic mass is 35.5. The molecule has 0 aliphatic heterocycles. The molecule has 2 N–H and O–H groups in total. The van der Waals surface area contributed by atoms with Crippen molar-refractivity contribution in [2.24, 2.45) is 0 Å². The van der Waals surface area contributed by atoms with Gasteiger partial charge in [0.1, 0.15) is 11.8 Å². The highest BCUT2D eigenvalue weighted by Crippen LogP contribution is 2.27. The number of aromatic nitrogens is 2. The molecule has 0 radical (unpaired) electrons. The fourth-order valence-electron chi connectivity index (χ4n) is 1.82. The lowest BCUT2D eigenvalue weighted by Crippen LogP contribution is -2.31. The Labute approximate surface area is 139 Å². The summed E-state index contributed by atoms with van der Waals surface area (Å²) in [6, 6.07) is 4.27. The zero-order chi connectivity index (χ0) is 16.8. The molecule has 7 nitrogen and oxygen atoms in total. The number of nitrogens with zero attached hydrogens (tertiary/aromatic N) is 2. The Bertz CT molecular complexity index is 674. The van der Waals surface area contributed by atoms with Gasteiger partial charge in [-0.25, -0.2) is 4.79 Å². The summed E-state index contributed by atoms with van der Waals surface area (Å²) >= 11 is 6.12. The van der Waals surface area contributed by atoms with Crippen LogP contribution in [0.25, 0.3) is 0 Å². The van der Waals surface area contributed by atoms with Crippen molar-refractivity contribution < 1.29 is 14.1 Å². The topological polar surface area (TPSA) is 89.3 Å². The summed E-state index contributed by atoms with van der Waals surface area (Å²) in [6.07, 6.45) is 0.895. The molecule has 1 unspecified atom stereocenters. The van der Waals surface area contributed by atoms with Crippen LogP contribution >= 0.6 is 11.6 Å². The highest BCUT2D eigenvalue weighted by molar-refractivity contribution is 6.32. The number of hydrogen-bond donors (Lipinski definition) is 2. The molecule has 1 heterocycles. The third-order valence-electron chi connectivity index (χ3n) is 2.91. The van der Waals surface area contributed by atoms with Crippen molar-refractivity contribution in [2.45, 2.75) is 33.2 Å². The normalized spacial score (nSPS) is 11.8. The van der Waals surface area contributed by atoms with Crippen molar-refractivity contribution in [3.05, 3.63) is 34.9 Å². The zero-order valence-electron chi connectivity index (χ0n) is 13.2. The first-order valence-electron chi connectivity index (χ1n) is 7.29. The SMILES string of the molecule is CCCOc1ccc(NC(=O)NC(C)c2nc(C)no2)cc1Cl. The Morgan fingerprint density at radius 3 is 2.87 bits per heavy atom. The Morgan fingerprint density at radius 2 is 2.26 bits per heavy atom. The van der Waals surface area contributed by atoms with E-state index in [0.29, 0.717) is 34.8 Å². The Kier molecular flexibility index (Phi) is 5.81. The van der Waals surface area contributed by atoms with E-state index < -0.39 is 12.1 Å². The van der Waals surface area contributed by atoms with Crippen LogP contribution in [-0.4, -0.2) is 22.8 Å². The van der Waals surface area contributed by atoms with Crippen molar-refractivity contribution in [1.82, 2.24) is 15.5 Å². The lowest BCUT2D eigenvalue weighted by Gasteiger charge is -2.12. The Morgan fingerprint density at radius 1 is 1.48 bits per heavy atom. The number of carbonyl (C=O) groups excluding carboxylic acids is 1. The van der Waals surface area contributed by atoms with E-state index >= 15 is 0 Å². The number of ether oxygens (including phenoxy) is 1. The van der Waals surface area contributed by atoms with Gasteiger partial charge in [0.25, 0.3) is 0 Å². The third kappa shape index (κ3) is 4.85. The highest BCUT2D eigenvalue weighted by Gasteiger charge is 2.15. The molecule has 0 saturated heterocycles. The largest absolute Gasteiger partial charge is 0.492 e. The summed E-state index contributed by atoms with van der Waals surface area (Å²) in [5.41, 5.74) is 0.560. The number of hydrogen-bond acceptors (Lipinski definition) is 5. The van der Waals surface area contributed by atoms with Crippen molar-refractivity contribution in [1.29, 1.82) is 0 Å². The van der Waals surface area contributed by atoms with Crippen LogP contribution in [0.4, 0.5) is 10.5 Å². The summed E-state index contributed by atoms with van der Waals surface area (Å²) in [5.74, 6) is 1.46. The fourth-order valence-corrected chi connectivity index (χ4v) is 2.06. The predicted octanol–water partition coefficient (Wildman–Crippen LogP) is 3.70. The van der Waals surface area contributed by atoms with E-state index in [0.717, 1.165) is 6.42 Å². The molecule has 124 valence electrons. The van der Waals surface area contributed by atoms with Gasteiger partial charge in [0.05, 0.1) is 11.6 Å². The number of amides is 2. The number of benzene rings is 1. The van der Waals surface area contributed by atoms with E-state index in [4.69, 9.17) is 20.9 Å². The molecule has 0 bridgehead atoms. The number of carbonyl (C=O) groups is 1. The van der Waals surface area contributed by atoms with Crippen LogP contribution in [0.1, 0.15) is 38.0 Å². The quantitative estimate of drug-likeness (QED) is 0.838. The average Bonchev–Trinajstić information content (AvgIpc) is 2.93. The monoisotopic (exact) mass is 338 g/mol. The van der Waals surface area contributed by atoms with Crippen molar-refractivity contribution in [3.63, 3.8) is 0 Å². The molecule has 0 aliphatic carbocycles. The van der Waals surface area contributed by atoms with Gasteiger partial charge in [-0.3, -0.25) is 0 Å². The van der Waals surface area contributed by atoms with Crippen molar-refractivity contribution >= 4 is 23.3 Å². The number of rotatable bonds is 6. The minimum atomic E-state index is -0.404. The van der Waals surface area contributed by atoms with Gasteiger partial charge >= 0.3 is 6.03 Å². The fraction of sp³-hybridized carbons (Fsp3) is 0.400. The molecule has 0 saturated carbocycles. The second-order valence-corrected chi connectivity index (χ2v) is 5.40. The summed E-state index contributed by atoms with van der Waals surface area (Å²) in [5, 5.41) is 9.53. The second kappa shape index (κ2) is 7.82. The number of halogens is 1. The summed E-state index contributed by atoms with van der Waals surface area (Å²) in [4.78, 5) is 16.1. The standard InChI is InChI=1S/C15H19ClN4O3/c1-4-7-22-13-6-5-11(8-12(13)16)19-15(21)17-9(2)14-18-10(3)20-23-14/h5-6,8-9H,4,7H2,1-3H3,(H2,17,19,21). The Hall–Kier alpha value is -2.28. The molecule has 0 spiro atoms. The van der Waals surface area contributed by atoms with Gasteiger partial charge in [-0.05, 0) is 38.5 Å². The van der Waals surface area contributed by atoms with Crippen LogP contribution in [-0.2, 0) is 0 Å². The molecule has 2 aromatic rings. The molecule has 0 fully saturated rings. The van der Waals surface area contributed by atoms with Crippen molar-refractivity contribution in [2.75, 3.05) is 11.9 Å². The maximum Gasteiger partial charge on any atom is 0.319 e. The molecule has 1 atom stereocenters. The van der Waals surface area contributed by atoms with Crippen LogP contribution in [0.15, 0.2) is 22.7 Å². The van der Waals surface area contributed by atoms with E-state index in [9.17, 15) is 4.79 Å². The molecule has 0 aliphatic rings. The van der Waals surface area contributed by atoms with Crippen LogP contribution in [0.5, 0.6) is 5.75 Å². The number of anilines is 1. The molecule has 8 heteroatoms. The first-order chi connectivity index (χ1) is 11.0. The smallest absolute Gasteiger partial charge is 0.319 e. The third-order valence-corrected chi connectivity index (χ3v) is 3.21. The minimum Gasteiger partial charge on any atom is -0.492 e. The van der Waals surface area contributed by atoms with Crippen LogP contribution in [0, 0.1) is 6.92 Å². The maximum absolute atomic E-state index is 12.0. The minimum absolute atomic E-state index is 0.346. The summed E-state index contributed by atoms with van der Waals surface area (Å²) < 4.78 is 10.5. The predicted molar refractivity (Wildman–Crippen MR) is 86.8 cm³/mol. The first-order valence-corrected chi connectivity index (χ1v) is 7.67. The van der Waals surface area contributed by atoms with E-state index in [1.54, 1.807) is 32.0 Å². The molecule has 2 rings (SSSR count). The number of aryl methyl sites for hydroxylation is 1. The molecule has 1 aromatic carbocycles. The van der Waals surface area contributed by atoms with E-state index in [1.165, 1.54) is 0 Å². The molecular formula is C15H19ClN4O3. The van der Waals surface area contributed by atoms with Crippen LogP contribution < -0.4 is 15.4 Å². The van der Waals surface area contributed by atoms with Gasteiger partial charge in [0.15, 0.2) is 5.82 Å². The van der Waals surface area contributed by atoms with Crippen LogP contribution in [0.3, 0.4) is 0 Å². The van der Waals surface area contributed by atoms with Gasteiger partial charge in [0.2, 0.25) is 5.89 Å². The number of nitrogens with one attached hydrogen (secondary N) is 2. The molecular weight excluding hydrogens is 320 g/mol. The number of urea groups is 1. The van der Waals surface area contributed by atoms with Gasteiger partial charge in [-0.1, -0.05) is 23.7 Å². The maximum atomic E-state index is 12.0. The van der Waals surface area contributed by atoms with Gasteiger partial charge in [-0.2, -0.15) is 4.98 Å². The Balaban J connectivity index is 1.93. The summed E-state index contributed by atoms with van der Waals surface area (Å²) in [6.45, 7) is 6.07. The van der Waals surface area contributed by atoms with Gasteiger partial charge in [0, 0.05) is 5.69 Å². The second-order valence-electron chi connectivity index (χ2n) is 4.99. The first kappa shape index (κ1) is 17.1. The lowest BCUT2D eigenvalue weighted by atomic mass is 10.3. The van der Waals surface area contributed by atoms with Gasteiger partial charge in [-0.15, -0.1) is 0 Å². The molecule has 1 aromatic heterocycles. The van der Waals surface area contributed by atoms with E-state index in [1.807, 2.05) is 6.92 Å². The van der Waals surface area contributed by atoms with E-state index in [2.05, 4.69) is 20.8 Å². The van der Waals surface area contributed by atoms with E-state index in [-0.39, 0.29) is 0 Å². The van der Waals surface area contributed by atoms with Crippen LogP contribution in [0.2, 0.25) is 5.02 Å². The van der Waals surface area contributed by atoms with Gasteiger partial charge < -0.3 is 19.9 Å². The molecule has 2 amide bonds. The zero-order valence-corrected chi connectivity index (χ0v) is 14.0.